The molecule has 3 unspecified atom stereocenters. The monoisotopic (exact) mass is 579 g/mol. The zero-order chi connectivity index (χ0) is 30.4. The van der Waals surface area contributed by atoms with Crippen LogP contribution >= 0.6 is 0 Å². The average Bonchev–Trinajstić information content (AvgIpc) is 3.65. The molecule has 2 amide bonds. The Labute approximate surface area is 246 Å². The summed E-state index contributed by atoms with van der Waals surface area (Å²) in [7, 11) is 0. The largest absolute Gasteiger partial charge is 0.461 e. The van der Waals surface area contributed by atoms with Gasteiger partial charge in [-0.2, -0.15) is 0 Å². The Balaban J connectivity index is 1.61. The average molecular weight is 580 g/mol. The van der Waals surface area contributed by atoms with Crippen molar-refractivity contribution in [3.63, 3.8) is 0 Å². The molecule has 0 aliphatic carbocycles. The van der Waals surface area contributed by atoms with Crippen LogP contribution in [0.15, 0.2) is 49.6 Å². The van der Waals surface area contributed by atoms with Crippen molar-refractivity contribution in [1.82, 2.24) is 24.8 Å². The maximum absolute atomic E-state index is 14.8. The van der Waals surface area contributed by atoms with E-state index >= 15 is 0 Å². The van der Waals surface area contributed by atoms with Crippen molar-refractivity contribution >= 4 is 28.8 Å². The van der Waals surface area contributed by atoms with Gasteiger partial charge < -0.3 is 24.4 Å². The molecule has 1 N–H and O–H groups in total. The van der Waals surface area contributed by atoms with E-state index in [-0.39, 0.29) is 50.1 Å². The van der Waals surface area contributed by atoms with E-state index in [1.165, 1.54) is 11.0 Å². The van der Waals surface area contributed by atoms with Crippen LogP contribution in [0.2, 0.25) is 0 Å². The fourth-order valence-electron chi connectivity index (χ4n) is 7.45. The SMILES string of the molecule is C=CCOC(=O)[C@@H]1[C@H]2C(=O)N([C@@H](CO)[C@@H](C)CC)C(C(=O)N(CC=C)Cn3nnc4ccccc43)C23CC(C)[C@@]1(C)O3. The number of esters is 1. The van der Waals surface area contributed by atoms with Crippen LogP contribution in [-0.4, -0.2) is 90.7 Å². The Kier molecular flexibility index (Phi) is 8.02. The highest BCUT2D eigenvalue weighted by atomic mass is 16.6. The normalized spacial score (nSPS) is 31.2. The van der Waals surface area contributed by atoms with Gasteiger partial charge in [0.25, 0.3) is 0 Å². The van der Waals surface area contributed by atoms with Crippen molar-refractivity contribution in [3.8, 4) is 0 Å². The van der Waals surface area contributed by atoms with Gasteiger partial charge in [0.05, 0.1) is 29.7 Å². The second-order valence-electron chi connectivity index (χ2n) is 12.1. The Hall–Kier alpha value is -3.57. The lowest BCUT2D eigenvalue weighted by molar-refractivity contribution is -0.164. The summed E-state index contributed by atoms with van der Waals surface area (Å²) >= 11 is 0. The first-order chi connectivity index (χ1) is 20.1. The van der Waals surface area contributed by atoms with E-state index in [0.29, 0.717) is 18.4 Å². The highest BCUT2D eigenvalue weighted by Gasteiger charge is 2.81. The molecule has 11 heteroatoms. The number of hydrogen-bond acceptors (Lipinski definition) is 8. The zero-order valence-electron chi connectivity index (χ0n) is 24.8. The molecule has 11 nitrogen and oxygen atoms in total. The van der Waals surface area contributed by atoms with E-state index in [0.717, 1.165) is 5.52 Å². The number of aliphatic hydroxyl groups excluding tert-OH is 1. The predicted molar refractivity (Wildman–Crippen MR) is 155 cm³/mol. The first-order valence-corrected chi connectivity index (χ1v) is 14.7. The van der Waals surface area contributed by atoms with Crippen LogP contribution in [0.1, 0.15) is 40.5 Å². The maximum atomic E-state index is 14.8. The van der Waals surface area contributed by atoms with Gasteiger partial charge in [-0.15, -0.1) is 11.7 Å². The van der Waals surface area contributed by atoms with Crippen molar-refractivity contribution in [2.75, 3.05) is 19.8 Å². The molecule has 42 heavy (non-hydrogen) atoms. The first-order valence-electron chi connectivity index (χ1n) is 14.7. The second-order valence-corrected chi connectivity index (χ2v) is 12.1. The molecule has 3 saturated heterocycles. The number of fused-ring (bicyclic) bond motifs is 2. The summed E-state index contributed by atoms with van der Waals surface area (Å²) in [5.41, 5.74) is -0.825. The number of ether oxygens (including phenoxy) is 2. The van der Waals surface area contributed by atoms with E-state index in [9.17, 15) is 19.5 Å². The standard InChI is InChI=1S/C31H41N5O6/c1-7-14-34(18-35-22-13-11-10-12-21(22)32-33-35)28(39)26-31-16-20(5)30(6,42-31)25(29(40)41-15-8-2)24(31)27(38)36(26)23(17-37)19(4)9-3/h7-8,10-13,19-20,23-26,37H,1-2,9,14-18H2,3-6H3/t19-,20?,23-,24-,25-,26?,30+,31?/m0/s1. The summed E-state index contributed by atoms with van der Waals surface area (Å²) in [6, 6.07) is 5.74. The van der Waals surface area contributed by atoms with E-state index < -0.39 is 41.1 Å². The van der Waals surface area contributed by atoms with Crippen LogP contribution in [0, 0.1) is 23.7 Å². The molecule has 0 saturated carbocycles. The molecule has 3 aliphatic heterocycles. The lowest BCUT2D eigenvalue weighted by atomic mass is 9.62. The first kappa shape index (κ1) is 29.9. The second kappa shape index (κ2) is 11.3. The smallest absolute Gasteiger partial charge is 0.313 e. The molecule has 8 atom stereocenters. The topological polar surface area (TPSA) is 127 Å². The summed E-state index contributed by atoms with van der Waals surface area (Å²) in [5, 5.41) is 19.1. The molecule has 1 aromatic heterocycles. The van der Waals surface area contributed by atoms with E-state index in [1.54, 1.807) is 15.7 Å². The maximum Gasteiger partial charge on any atom is 0.313 e. The van der Waals surface area contributed by atoms with Crippen molar-refractivity contribution in [2.45, 2.75) is 70.5 Å². The van der Waals surface area contributed by atoms with E-state index in [4.69, 9.17) is 9.47 Å². The van der Waals surface area contributed by atoms with Gasteiger partial charge in [0, 0.05) is 6.54 Å². The Morgan fingerprint density at radius 1 is 1.31 bits per heavy atom. The molecule has 1 aromatic carbocycles. The van der Waals surface area contributed by atoms with Crippen molar-refractivity contribution < 1.29 is 29.0 Å². The van der Waals surface area contributed by atoms with Crippen molar-refractivity contribution in [1.29, 1.82) is 0 Å². The number of amides is 2. The fourth-order valence-corrected chi connectivity index (χ4v) is 7.45. The Bertz CT molecular complexity index is 1390. The van der Waals surface area contributed by atoms with Crippen LogP contribution < -0.4 is 0 Å². The van der Waals surface area contributed by atoms with Crippen LogP contribution in [0.3, 0.4) is 0 Å². The number of aromatic nitrogens is 3. The number of likely N-dealkylation sites (tertiary alicyclic amines) is 1. The molecular weight excluding hydrogens is 538 g/mol. The molecule has 0 radical (unpaired) electrons. The van der Waals surface area contributed by atoms with Gasteiger partial charge in [-0.3, -0.25) is 14.4 Å². The number of para-hydroxylation sites is 1. The van der Waals surface area contributed by atoms with Crippen LogP contribution in [0.4, 0.5) is 0 Å². The van der Waals surface area contributed by atoms with Crippen LogP contribution in [0.5, 0.6) is 0 Å². The number of rotatable bonds is 12. The van der Waals surface area contributed by atoms with Crippen molar-refractivity contribution in [3.05, 3.63) is 49.6 Å². The molecular formula is C31H41N5O6. The third-order valence-electron chi connectivity index (χ3n) is 9.82. The lowest BCUT2D eigenvalue weighted by Crippen LogP contribution is -2.60. The Morgan fingerprint density at radius 2 is 2.05 bits per heavy atom. The molecule has 2 bridgehead atoms. The number of carbonyl (C=O) groups is 3. The van der Waals surface area contributed by atoms with E-state index in [2.05, 4.69) is 23.5 Å². The third-order valence-corrected chi connectivity index (χ3v) is 9.82. The summed E-state index contributed by atoms with van der Waals surface area (Å²) in [6.07, 6.45) is 4.19. The summed E-state index contributed by atoms with van der Waals surface area (Å²) in [5.74, 6) is -3.36. The molecule has 226 valence electrons. The van der Waals surface area contributed by atoms with Gasteiger partial charge in [0.2, 0.25) is 11.8 Å². The zero-order valence-corrected chi connectivity index (χ0v) is 24.8. The highest BCUT2D eigenvalue weighted by Crippen LogP contribution is 2.65. The Morgan fingerprint density at radius 3 is 2.71 bits per heavy atom. The van der Waals surface area contributed by atoms with Crippen LogP contribution in [0.25, 0.3) is 11.0 Å². The van der Waals surface area contributed by atoms with Gasteiger partial charge in [0.15, 0.2) is 0 Å². The molecule has 3 aliphatic rings. The minimum atomic E-state index is -1.27. The highest BCUT2D eigenvalue weighted by molar-refractivity contribution is 5.99. The quantitative estimate of drug-likeness (QED) is 0.300. The number of aliphatic hydroxyl groups is 1. The van der Waals surface area contributed by atoms with E-state index in [1.807, 2.05) is 52.0 Å². The molecule has 2 aromatic rings. The van der Waals surface area contributed by atoms with Gasteiger partial charge >= 0.3 is 5.97 Å². The minimum absolute atomic E-state index is 0.00485. The van der Waals surface area contributed by atoms with Gasteiger partial charge in [-0.1, -0.05) is 63.3 Å². The lowest BCUT2D eigenvalue weighted by Gasteiger charge is -2.41. The molecule has 1 spiro atoms. The minimum Gasteiger partial charge on any atom is -0.461 e. The fraction of sp³-hybridized carbons (Fsp3) is 0.581. The van der Waals surface area contributed by atoms with Gasteiger partial charge in [-0.05, 0) is 37.3 Å². The van der Waals surface area contributed by atoms with Gasteiger partial charge in [0.1, 0.15) is 36.4 Å². The number of hydrogen-bond donors (Lipinski definition) is 1. The predicted octanol–water partition coefficient (Wildman–Crippen LogP) is 2.55. The van der Waals surface area contributed by atoms with Crippen molar-refractivity contribution in [2.24, 2.45) is 23.7 Å². The third kappa shape index (κ3) is 4.36. The summed E-state index contributed by atoms with van der Waals surface area (Å²) in [4.78, 5) is 45.9. The van der Waals surface area contributed by atoms with Crippen LogP contribution in [-0.2, 0) is 30.5 Å². The molecule has 4 heterocycles. The number of nitrogens with zero attached hydrogens (tertiary/aromatic N) is 5. The molecule has 3 fully saturated rings. The van der Waals surface area contributed by atoms with Gasteiger partial charge in [-0.25, -0.2) is 4.68 Å². The number of carbonyl (C=O) groups excluding carboxylic acids is 3. The summed E-state index contributed by atoms with van der Waals surface area (Å²) in [6.45, 7) is 15.2. The summed E-state index contributed by atoms with van der Waals surface area (Å²) < 4.78 is 13.9. The molecule has 5 rings (SSSR count). The number of benzene rings is 1.